The van der Waals surface area contributed by atoms with E-state index in [0.717, 1.165) is 4.57 Å². The number of rotatable bonds is 4. The molecule has 0 unspecified atom stereocenters. The lowest BCUT2D eigenvalue weighted by atomic mass is 10.3. The van der Waals surface area contributed by atoms with Gasteiger partial charge in [-0.15, -0.1) is 0 Å². The maximum atomic E-state index is 12.4. The quantitative estimate of drug-likeness (QED) is 0.728. The molecule has 0 fully saturated rings. The van der Waals surface area contributed by atoms with E-state index in [1.807, 2.05) is 0 Å². The Hall–Kier alpha value is -2.58. The average Bonchev–Trinajstić information content (AvgIpc) is 3.03. The molecule has 26 heavy (non-hydrogen) atoms. The molecule has 2 aromatic heterocycles. The van der Waals surface area contributed by atoms with Gasteiger partial charge in [-0.1, -0.05) is 23.2 Å². The zero-order valence-corrected chi connectivity index (χ0v) is 15.5. The number of benzene rings is 1. The number of carbonyl (C=O) groups excluding carboxylic acids is 1. The van der Waals surface area contributed by atoms with Crippen molar-refractivity contribution in [3.63, 3.8) is 0 Å². The van der Waals surface area contributed by atoms with Crippen LogP contribution in [-0.2, 0) is 25.4 Å². The molecule has 1 N–H and O–H groups in total. The van der Waals surface area contributed by atoms with Gasteiger partial charge < -0.3 is 9.88 Å². The Morgan fingerprint density at radius 3 is 2.62 bits per heavy atom. The number of anilines is 1. The lowest BCUT2D eigenvalue weighted by Crippen LogP contribution is -2.37. The van der Waals surface area contributed by atoms with E-state index in [4.69, 9.17) is 23.2 Å². The number of fused-ring (bicyclic) bond motifs is 1. The highest BCUT2D eigenvalue weighted by atomic mass is 35.5. The number of imidazole rings is 1. The second-order valence-electron chi connectivity index (χ2n) is 5.74. The number of aromatic nitrogens is 4. The fourth-order valence-corrected chi connectivity index (χ4v) is 3.05. The zero-order valence-electron chi connectivity index (χ0n) is 14.0. The molecule has 0 saturated carbocycles. The minimum absolute atomic E-state index is 0.0937. The van der Waals surface area contributed by atoms with Crippen molar-refractivity contribution in [2.24, 2.45) is 14.1 Å². The topological polar surface area (TPSA) is 90.9 Å². The number of carbonyl (C=O) groups is 1. The molecular formula is C16H15Cl2N5O3. The Kier molecular flexibility index (Phi) is 4.88. The van der Waals surface area contributed by atoms with Crippen LogP contribution in [0.15, 0.2) is 34.1 Å². The Morgan fingerprint density at radius 2 is 1.92 bits per heavy atom. The summed E-state index contributed by atoms with van der Waals surface area (Å²) < 4.78 is 3.86. The van der Waals surface area contributed by atoms with Crippen molar-refractivity contribution < 1.29 is 4.79 Å². The van der Waals surface area contributed by atoms with Crippen molar-refractivity contribution in [2.45, 2.75) is 13.0 Å². The Morgan fingerprint density at radius 1 is 1.19 bits per heavy atom. The molecule has 2 heterocycles. The highest BCUT2D eigenvalue weighted by Crippen LogP contribution is 2.25. The van der Waals surface area contributed by atoms with Crippen LogP contribution >= 0.6 is 23.2 Å². The fourth-order valence-electron chi connectivity index (χ4n) is 2.59. The van der Waals surface area contributed by atoms with Gasteiger partial charge in [0, 0.05) is 32.1 Å². The zero-order chi connectivity index (χ0) is 19.0. The molecule has 10 heteroatoms. The lowest BCUT2D eigenvalue weighted by Gasteiger charge is -2.09. The molecule has 0 aliphatic rings. The van der Waals surface area contributed by atoms with E-state index in [1.54, 1.807) is 16.7 Å². The van der Waals surface area contributed by atoms with Gasteiger partial charge in [-0.2, -0.15) is 0 Å². The van der Waals surface area contributed by atoms with Gasteiger partial charge in [0.25, 0.3) is 5.56 Å². The van der Waals surface area contributed by atoms with Gasteiger partial charge in [0.05, 0.1) is 17.0 Å². The van der Waals surface area contributed by atoms with Gasteiger partial charge in [0.1, 0.15) is 0 Å². The normalized spacial score (nSPS) is 11.1. The number of aryl methyl sites for hydroxylation is 2. The maximum Gasteiger partial charge on any atom is 0.332 e. The first-order valence-corrected chi connectivity index (χ1v) is 8.41. The maximum absolute atomic E-state index is 12.4. The van der Waals surface area contributed by atoms with Crippen molar-refractivity contribution >= 4 is 46.0 Å². The first-order valence-electron chi connectivity index (χ1n) is 7.65. The van der Waals surface area contributed by atoms with E-state index in [1.165, 1.54) is 31.1 Å². The summed E-state index contributed by atoms with van der Waals surface area (Å²) in [4.78, 5) is 40.6. The summed E-state index contributed by atoms with van der Waals surface area (Å²) in [6.07, 6.45) is 1.53. The molecule has 1 amide bonds. The molecule has 1 aromatic carbocycles. The average molecular weight is 396 g/mol. The Balaban J connectivity index is 1.81. The van der Waals surface area contributed by atoms with E-state index in [9.17, 15) is 14.4 Å². The van der Waals surface area contributed by atoms with Crippen LogP contribution in [0.25, 0.3) is 11.2 Å². The number of nitrogens with one attached hydrogen (secondary N) is 1. The molecule has 0 bridgehead atoms. The van der Waals surface area contributed by atoms with Crippen molar-refractivity contribution in [1.82, 2.24) is 18.7 Å². The molecule has 0 radical (unpaired) electrons. The van der Waals surface area contributed by atoms with Crippen LogP contribution in [0.2, 0.25) is 10.0 Å². The van der Waals surface area contributed by atoms with Gasteiger partial charge in [0.2, 0.25) is 5.91 Å². The molecule has 136 valence electrons. The van der Waals surface area contributed by atoms with E-state index < -0.39 is 11.2 Å². The summed E-state index contributed by atoms with van der Waals surface area (Å²) >= 11 is 11.9. The van der Waals surface area contributed by atoms with Gasteiger partial charge >= 0.3 is 5.69 Å². The molecule has 3 aromatic rings. The number of halogens is 2. The third-order valence-corrected chi connectivity index (χ3v) is 4.55. The van der Waals surface area contributed by atoms with Crippen molar-refractivity contribution in [3.05, 3.63) is 55.4 Å². The SMILES string of the molecule is Cn1c(=O)c2c(ncn2CCC(=O)Nc2ccc(Cl)cc2Cl)n(C)c1=O. The smallest absolute Gasteiger partial charge is 0.325 e. The van der Waals surface area contributed by atoms with Gasteiger partial charge in [-0.3, -0.25) is 18.7 Å². The predicted octanol–water partition coefficient (Wildman–Crippen LogP) is 1.77. The van der Waals surface area contributed by atoms with Crippen molar-refractivity contribution in [2.75, 3.05) is 5.32 Å². The van der Waals surface area contributed by atoms with E-state index in [-0.39, 0.29) is 30.0 Å². The fraction of sp³-hybridized carbons (Fsp3) is 0.250. The van der Waals surface area contributed by atoms with E-state index >= 15 is 0 Å². The van der Waals surface area contributed by atoms with Crippen LogP contribution in [0.5, 0.6) is 0 Å². The van der Waals surface area contributed by atoms with Crippen LogP contribution < -0.4 is 16.6 Å². The van der Waals surface area contributed by atoms with Crippen LogP contribution in [0.4, 0.5) is 5.69 Å². The lowest BCUT2D eigenvalue weighted by molar-refractivity contribution is -0.116. The monoisotopic (exact) mass is 395 g/mol. The number of hydrogen-bond donors (Lipinski definition) is 1. The molecular weight excluding hydrogens is 381 g/mol. The number of hydrogen-bond acceptors (Lipinski definition) is 4. The molecule has 0 spiro atoms. The molecule has 0 aliphatic heterocycles. The summed E-state index contributed by atoms with van der Waals surface area (Å²) in [6, 6.07) is 4.77. The molecule has 0 aliphatic carbocycles. The number of nitrogens with zero attached hydrogens (tertiary/aromatic N) is 4. The predicted molar refractivity (Wildman–Crippen MR) is 99.9 cm³/mol. The highest BCUT2D eigenvalue weighted by molar-refractivity contribution is 6.36. The van der Waals surface area contributed by atoms with Crippen molar-refractivity contribution in [1.29, 1.82) is 0 Å². The molecule has 8 nitrogen and oxygen atoms in total. The summed E-state index contributed by atoms with van der Waals surface area (Å²) in [5, 5.41) is 3.50. The third-order valence-electron chi connectivity index (χ3n) is 4.00. The van der Waals surface area contributed by atoms with Gasteiger partial charge in [-0.05, 0) is 18.2 Å². The molecule has 0 saturated heterocycles. The standard InChI is InChI=1S/C16H15Cl2N5O3/c1-21-14-13(15(25)22(2)16(21)26)23(8-19-14)6-5-12(24)20-11-4-3-9(17)7-10(11)18/h3-4,7-8H,5-6H2,1-2H3,(H,20,24). The summed E-state index contributed by atoms with van der Waals surface area (Å²) in [5.41, 5.74) is 0.0886. The highest BCUT2D eigenvalue weighted by Gasteiger charge is 2.15. The Bertz CT molecular complexity index is 1130. The first kappa shape index (κ1) is 18.2. The number of amides is 1. The van der Waals surface area contributed by atoms with E-state index in [2.05, 4.69) is 10.3 Å². The molecule has 3 rings (SSSR count). The van der Waals surface area contributed by atoms with Crippen molar-refractivity contribution in [3.8, 4) is 0 Å². The minimum Gasteiger partial charge on any atom is -0.325 e. The summed E-state index contributed by atoms with van der Waals surface area (Å²) in [5.74, 6) is -0.280. The molecule has 0 atom stereocenters. The van der Waals surface area contributed by atoms with Crippen LogP contribution in [-0.4, -0.2) is 24.6 Å². The van der Waals surface area contributed by atoms with Crippen LogP contribution in [0.3, 0.4) is 0 Å². The summed E-state index contributed by atoms with van der Waals surface area (Å²) in [7, 11) is 2.94. The third kappa shape index (κ3) is 3.25. The van der Waals surface area contributed by atoms with E-state index in [0.29, 0.717) is 15.7 Å². The minimum atomic E-state index is -0.457. The largest absolute Gasteiger partial charge is 0.332 e. The van der Waals surface area contributed by atoms with Gasteiger partial charge in [-0.25, -0.2) is 9.78 Å². The van der Waals surface area contributed by atoms with Crippen LogP contribution in [0, 0.1) is 0 Å². The first-order chi connectivity index (χ1) is 12.3. The Labute approximate surface area is 157 Å². The van der Waals surface area contributed by atoms with Crippen LogP contribution in [0.1, 0.15) is 6.42 Å². The van der Waals surface area contributed by atoms with Gasteiger partial charge in [0.15, 0.2) is 11.2 Å². The second kappa shape index (κ2) is 6.97. The second-order valence-corrected chi connectivity index (χ2v) is 6.58. The summed E-state index contributed by atoms with van der Waals surface area (Å²) in [6.45, 7) is 0.223.